The van der Waals surface area contributed by atoms with Gasteiger partial charge in [0, 0.05) is 16.9 Å². The number of phenols is 1. The highest BCUT2D eigenvalue weighted by Crippen LogP contribution is 2.29. The van der Waals surface area contributed by atoms with E-state index in [4.69, 9.17) is 23.2 Å². The molecule has 2 unspecified atom stereocenters. The van der Waals surface area contributed by atoms with Crippen molar-refractivity contribution in [3.63, 3.8) is 0 Å². The fourth-order valence-electron chi connectivity index (χ4n) is 2.23. The van der Waals surface area contributed by atoms with Gasteiger partial charge in [0.15, 0.2) is 0 Å². The van der Waals surface area contributed by atoms with E-state index in [1.807, 2.05) is 0 Å². The van der Waals surface area contributed by atoms with Crippen LogP contribution in [0.25, 0.3) is 0 Å². The van der Waals surface area contributed by atoms with Crippen LogP contribution in [0.1, 0.15) is 29.6 Å². The molecule has 98 valence electrons. The average Bonchev–Trinajstić information content (AvgIpc) is 2.75. The van der Waals surface area contributed by atoms with E-state index in [1.54, 1.807) is 6.07 Å². The maximum Gasteiger partial charge on any atom is 0.255 e. The molecule has 0 bridgehead atoms. The lowest BCUT2D eigenvalue weighted by Gasteiger charge is -2.14. The minimum atomic E-state index is -0.314. The van der Waals surface area contributed by atoms with Gasteiger partial charge in [0.05, 0.1) is 5.56 Å². The number of phenolic OH excluding ortho intramolecular Hbond substituents is 1. The van der Waals surface area contributed by atoms with Crippen LogP contribution in [-0.2, 0) is 0 Å². The molecule has 0 aromatic heterocycles. The molecule has 1 aromatic rings. The average molecular weight is 288 g/mol. The number of halogens is 2. The maximum absolute atomic E-state index is 11.9. The van der Waals surface area contributed by atoms with Crippen molar-refractivity contribution in [2.75, 3.05) is 6.54 Å². The molecule has 0 radical (unpaired) electrons. The summed E-state index contributed by atoms with van der Waals surface area (Å²) >= 11 is 11.9. The van der Waals surface area contributed by atoms with Gasteiger partial charge in [0.25, 0.3) is 5.91 Å². The first kappa shape index (κ1) is 13.5. The fourth-order valence-corrected chi connectivity index (χ4v) is 2.77. The summed E-state index contributed by atoms with van der Waals surface area (Å²) in [5.74, 6) is -0.0616. The lowest BCUT2D eigenvalue weighted by molar-refractivity contribution is 0.0945. The van der Waals surface area contributed by atoms with Crippen molar-refractivity contribution in [3.05, 3.63) is 28.8 Å². The van der Waals surface area contributed by atoms with Gasteiger partial charge in [0.1, 0.15) is 5.75 Å². The third-order valence-corrected chi connectivity index (χ3v) is 4.10. The van der Waals surface area contributed by atoms with Crippen LogP contribution in [0.3, 0.4) is 0 Å². The second-order valence-corrected chi connectivity index (χ2v) is 5.58. The van der Waals surface area contributed by atoms with Gasteiger partial charge in [0.2, 0.25) is 0 Å². The number of aromatic hydroxyl groups is 1. The minimum absolute atomic E-state index is 0.0641. The lowest BCUT2D eigenvalue weighted by Crippen LogP contribution is -2.31. The summed E-state index contributed by atoms with van der Waals surface area (Å²) in [5.41, 5.74) is 0.201. The highest BCUT2D eigenvalue weighted by atomic mass is 35.5. The zero-order chi connectivity index (χ0) is 13.1. The first-order chi connectivity index (χ1) is 8.58. The van der Waals surface area contributed by atoms with Crippen LogP contribution in [0, 0.1) is 5.92 Å². The van der Waals surface area contributed by atoms with Crippen molar-refractivity contribution < 1.29 is 9.90 Å². The molecule has 5 heteroatoms. The first-order valence-corrected chi connectivity index (χ1v) is 6.80. The molecule has 3 nitrogen and oxygen atoms in total. The van der Waals surface area contributed by atoms with Crippen LogP contribution < -0.4 is 5.32 Å². The Morgan fingerprint density at radius 1 is 1.44 bits per heavy atom. The van der Waals surface area contributed by atoms with E-state index in [0.717, 1.165) is 19.3 Å². The van der Waals surface area contributed by atoms with E-state index in [9.17, 15) is 9.90 Å². The zero-order valence-electron chi connectivity index (χ0n) is 9.83. The van der Waals surface area contributed by atoms with Crippen molar-refractivity contribution in [2.45, 2.75) is 24.6 Å². The van der Waals surface area contributed by atoms with Crippen molar-refractivity contribution >= 4 is 29.1 Å². The van der Waals surface area contributed by atoms with Gasteiger partial charge < -0.3 is 10.4 Å². The van der Waals surface area contributed by atoms with E-state index in [0.29, 0.717) is 17.5 Å². The molecule has 1 fully saturated rings. The molecule has 1 aliphatic carbocycles. The molecule has 0 saturated heterocycles. The molecule has 0 heterocycles. The monoisotopic (exact) mass is 287 g/mol. The van der Waals surface area contributed by atoms with Crippen LogP contribution in [0.4, 0.5) is 0 Å². The third kappa shape index (κ3) is 3.09. The SMILES string of the molecule is O=C(NCC1CCCC1Cl)c1cc(Cl)ccc1O. The topological polar surface area (TPSA) is 49.3 Å². The molecule has 1 aromatic carbocycles. The Bertz CT molecular complexity index is 451. The highest BCUT2D eigenvalue weighted by molar-refractivity contribution is 6.31. The third-order valence-electron chi connectivity index (χ3n) is 3.29. The number of nitrogens with one attached hydrogen (secondary N) is 1. The Hall–Kier alpha value is -0.930. The summed E-state index contributed by atoms with van der Waals surface area (Å²) in [6.07, 6.45) is 3.15. The van der Waals surface area contributed by atoms with Crippen molar-refractivity contribution in [1.29, 1.82) is 0 Å². The maximum atomic E-state index is 11.9. The van der Waals surface area contributed by atoms with E-state index < -0.39 is 0 Å². The first-order valence-electron chi connectivity index (χ1n) is 5.98. The minimum Gasteiger partial charge on any atom is -0.507 e. The van der Waals surface area contributed by atoms with E-state index in [2.05, 4.69) is 5.32 Å². The second kappa shape index (κ2) is 5.81. The molecule has 18 heavy (non-hydrogen) atoms. The highest BCUT2D eigenvalue weighted by Gasteiger charge is 2.25. The Labute approximate surface area is 116 Å². The number of benzene rings is 1. The van der Waals surface area contributed by atoms with Crippen LogP contribution in [0.15, 0.2) is 18.2 Å². The Kier molecular flexibility index (Phi) is 4.36. The van der Waals surface area contributed by atoms with Gasteiger partial charge in [-0.3, -0.25) is 4.79 Å². The van der Waals surface area contributed by atoms with Gasteiger partial charge in [-0.05, 0) is 37.0 Å². The molecule has 2 rings (SSSR count). The predicted molar refractivity (Wildman–Crippen MR) is 72.4 cm³/mol. The van der Waals surface area contributed by atoms with E-state index >= 15 is 0 Å². The Morgan fingerprint density at radius 2 is 2.22 bits per heavy atom. The van der Waals surface area contributed by atoms with E-state index in [-0.39, 0.29) is 22.6 Å². The quantitative estimate of drug-likeness (QED) is 0.839. The summed E-state index contributed by atoms with van der Waals surface area (Å²) in [6, 6.07) is 4.41. The van der Waals surface area contributed by atoms with Gasteiger partial charge in [-0.1, -0.05) is 18.0 Å². The lowest BCUT2D eigenvalue weighted by atomic mass is 10.1. The normalized spacial score (nSPS) is 23.0. The Balaban J connectivity index is 1.97. The van der Waals surface area contributed by atoms with E-state index in [1.165, 1.54) is 12.1 Å². The number of amides is 1. The number of carbonyl (C=O) groups is 1. The molecule has 1 saturated carbocycles. The van der Waals surface area contributed by atoms with Crippen LogP contribution >= 0.6 is 23.2 Å². The molecule has 2 N–H and O–H groups in total. The Morgan fingerprint density at radius 3 is 2.89 bits per heavy atom. The summed E-state index contributed by atoms with van der Waals surface area (Å²) in [7, 11) is 0. The number of hydrogen-bond donors (Lipinski definition) is 2. The molecule has 0 spiro atoms. The summed E-state index contributed by atoms with van der Waals surface area (Å²) in [6.45, 7) is 0.541. The molecule has 2 atom stereocenters. The smallest absolute Gasteiger partial charge is 0.255 e. The summed E-state index contributed by atoms with van der Waals surface area (Å²) in [4.78, 5) is 11.9. The molecule has 1 amide bonds. The summed E-state index contributed by atoms with van der Waals surface area (Å²) in [5, 5.41) is 13.0. The zero-order valence-corrected chi connectivity index (χ0v) is 11.3. The van der Waals surface area contributed by atoms with Crippen LogP contribution in [0.5, 0.6) is 5.75 Å². The van der Waals surface area contributed by atoms with Gasteiger partial charge >= 0.3 is 0 Å². The molecule has 0 aliphatic heterocycles. The van der Waals surface area contributed by atoms with Crippen molar-refractivity contribution in [1.82, 2.24) is 5.32 Å². The molecular formula is C13H15Cl2NO2. The molecule has 1 aliphatic rings. The number of carbonyl (C=O) groups excluding carboxylic acids is 1. The predicted octanol–water partition coefficient (Wildman–Crippen LogP) is 3.18. The van der Waals surface area contributed by atoms with Gasteiger partial charge in [-0.25, -0.2) is 0 Å². The van der Waals surface area contributed by atoms with Gasteiger partial charge in [-0.2, -0.15) is 0 Å². The molecular weight excluding hydrogens is 273 g/mol. The second-order valence-electron chi connectivity index (χ2n) is 4.58. The van der Waals surface area contributed by atoms with Gasteiger partial charge in [-0.15, -0.1) is 11.6 Å². The summed E-state index contributed by atoms with van der Waals surface area (Å²) < 4.78 is 0. The number of alkyl halides is 1. The fraction of sp³-hybridized carbons (Fsp3) is 0.462. The standard InChI is InChI=1S/C13H15Cl2NO2/c14-9-4-5-12(17)10(6-9)13(18)16-7-8-2-1-3-11(8)15/h4-6,8,11,17H,1-3,7H2,(H,16,18). The van der Waals surface area contributed by atoms with Crippen LogP contribution in [0.2, 0.25) is 5.02 Å². The van der Waals surface area contributed by atoms with Crippen molar-refractivity contribution in [2.24, 2.45) is 5.92 Å². The largest absolute Gasteiger partial charge is 0.507 e. The number of rotatable bonds is 3. The van der Waals surface area contributed by atoms with Crippen LogP contribution in [-0.4, -0.2) is 22.9 Å². The number of hydrogen-bond acceptors (Lipinski definition) is 2. The van der Waals surface area contributed by atoms with Crippen molar-refractivity contribution in [3.8, 4) is 5.75 Å².